The number of benzene rings is 3. The number of nitro benzene ring substituents is 1. The molecular weight excluding hydrogens is 623 g/mol. The second kappa shape index (κ2) is 12.8. The number of thiazole rings is 1. The Labute approximate surface area is 272 Å². The maximum atomic E-state index is 14.2. The summed E-state index contributed by atoms with van der Waals surface area (Å²) in [7, 11) is 0. The number of ether oxygens (including phenoxy) is 1. The predicted molar refractivity (Wildman–Crippen MR) is 180 cm³/mol. The van der Waals surface area contributed by atoms with Gasteiger partial charge in [0, 0.05) is 33.7 Å². The summed E-state index contributed by atoms with van der Waals surface area (Å²) >= 11 is 2.79. The molecule has 1 aliphatic heterocycles. The zero-order valence-electron chi connectivity index (χ0n) is 25.5. The van der Waals surface area contributed by atoms with Crippen molar-refractivity contribution < 1.29 is 18.9 Å². The van der Waals surface area contributed by atoms with Gasteiger partial charge < -0.3 is 9.15 Å². The molecule has 1 unspecified atom stereocenters. The number of nitrogens with zero attached hydrogens (tertiary/aromatic N) is 3. The van der Waals surface area contributed by atoms with Crippen molar-refractivity contribution in [2.45, 2.75) is 31.7 Å². The molecule has 11 heteroatoms. The fraction of sp³-hybridized carbons (Fsp3) is 0.171. The summed E-state index contributed by atoms with van der Waals surface area (Å²) in [5, 5.41) is 11.6. The van der Waals surface area contributed by atoms with E-state index in [9.17, 15) is 19.7 Å². The minimum Gasteiger partial charge on any atom is -0.463 e. The molecule has 1 aliphatic rings. The van der Waals surface area contributed by atoms with Gasteiger partial charge in [-0.2, -0.15) is 0 Å². The van der Waals surface area contributed by atoms with Crippen molar-refractivity contribution in [2.24, 2.45) is 4.99 Å². The van der Waals surface area contributed by atoms with E-state index in [1.54, 1.807) is 48.4 Å². The molecule has 1 atom stereocenters. The number of nitro groups is 1. The van der Waals surface area contributed by atoms with Gasteiger partial charge in [0.1, 0.15) is 11.5 Å². The van der Waals surface area contributed by atoms with Crippen molar-refractivity contribution in [1.82, 2.24) is 4.57 Å². The number of hydrogen-bond acceptors (Lipinski definition) is 9. The van der Waals surface area contributed by atoms with Crippen LogP contribution in [0.4, 0.5) is 5.69 Å². The number of esters is 1. The summed E-state index contributed by atoms with van der Waals surface area (Å²) < 4.78 is 13.5. The highest BCUT2D eigenvalue weighted by Crippen LogP contribution is 2.36. The minimum atomic E-state index is -0.785. The molecule has 0 spiro atoms. The molecule has 2 aromatic heterocycles. The first-order valence-electron chi connectivity index (χ1n) is 14.5. The lowest BCUT2D eigenvalue weighted by Gasteiger charge is -2.26. The molecule has 3 aromatic carbocycles. The third-order valence-electron chi connectivity index (χ3n) is 7.83. The summed E-state index contributed by atoms with van der Waals surface area (Å²) in [5.41, 5.74) is 3.80. The Kier molecular flexibility index (Phi) is 8.61. The van der Waals surface area contributed by atoms with Gasteiger partial charge in [-0.1, -0.05) is 53.8 Å². The van der Waals surface area contributed by atoms with Crippen LogP contribution >= 0.6 is 23.1 Å². The molecule has 46 heavy (non-hydrogen) atoms. The molecule has 5 aromatic rings. The van der Waals surface area contributed by atoms with Gasteiger partial charge in [-0.15, -0.1) is 11.8 Å². The number of carbonyl (C=O) groups is 1. The molecule has 0 N–H and O–H groups in total. The summed E-state index contributed by atoms with van der Waals surface area (Å²) in [4.78, 5) is 45.3. The van der Waals surface area contributed by atoms with Gasteiger partial charge in [-0.05, 0) is 68.5 Å². The summed E-state index contributed by atoms with van der Waals surface area (Å²) in [6.45, 7) is 5.44. The fourth-order valence-electron chi connectivity index (χ4n) is 5.43. The first-order valence-corrected chi connectivity index (χ1v) is 16.5. The summed E-state index contributed by atoms with van der Waals surface area (Å²) in [6.07, 6.45) is 3.61. The van der Waals surface area contributed by atoms with Crippen LogP contribution in [0.3, 0.4) is 0 Å². The van der Waals surface area contributed by atoms with Crippen LogP contribution in [0.15, 0.2) is 104 Å². The molecule has 3 heterocycles. The minimum absolute atomic E-state index is 0.0125. The monoisotopic (exact) mass is 651 g/mol. The molecular formula is C35H29N3O6S2. The Morgan fingerprint density at radius 1 is 1.09 bits per heavy atom. The van der Waals surface area contributed by atoms with Crippen molar-refractivity contribution in [2.75, 3.05) is 12.9 Å². The first kappa shape index (κ1) is 31.0. The van der Waals surface area contributed by atoms with E-state index in [-0.39, 0.29) is 23.4 Å². The van der Waals surface area contributed by atoms with Crippen LogP contribution in [0, 0.1) is 24.0 Å². The molecule has 232 valence electrons. The normalized spacial score (nSPS) is 14.6. The number of fused-ring (bicyclic) bond motifs is 1. The Morgan fingerprint density at radius 2 is 1.83 bits per heavy atom. The van der Waals surface area contributed by atoms with Crippen LogP contribution in [0.2, 0.25) is 0 Å². The molecule has 0 saturated carbocycles. The molecule has 0 saturated heterocycles. The van der Waals surface area contributed by atoms with E-state index in [1.807, 2.05) is 73.8 Å². The number of carbonyl (C=O) groups excluding carboxylic acids is 1. The topological polar surface area (TPSA) is 117 Å². The second-order valence-corrected chi connectivity index (χ2v) is 12.5. The average Bonchev–Trinajstić information content (AvgIpc) is 3.65. The van der Waals surface area contributed by atoms with E-state index in [0.717, 1.165) is 21.6 Å². The molecule has 9 nitrogen and oxygen atoms in total. The van der Waals surface area contributed by atoms with E-state index in [1.165, 1.54) is 17.4 Å². The molecule has 0 bridgehead atoms. The van der Waals surface area contributed by atoms with Gasteiger partial charge >= 0.3 is 5.97 Å². The quantitative estimate of drug-likeness (QED) is 0.0820. The van der Waals surface area contributed by atoms with Gasteiger partial charge in [0.2, 0.25) is 0 Å². The molecule has 0 amide bonds. The van der Waals surface area contributed by atoms with Crippen molar-refractivity contribution in [3.8, 4) is 11.3 Å². The van der Waals surface area contributed by atoms with Crippen molar-refractivity contribution in [3.05, 3.63) is 142 Å². The number of aromatic nitrogens is 1. The third-order valence-corrected chi connectivity index (χ3v) is 9.55. The highest BCUT2D eigenvalue weighted by molar-refractivity contribution is 7.98. The van der Waals surface area contributed by atoms with Crippen LogP contribution in [-0.4, -0.2) is 28.3 Å². The third kappa shape index (κ3) is 5.75. The van der Waals surface area contributed by atoms with Gasteiger partial charge in [-0.25, -0.2) is 9.79 Å². The number of rotatable bonds is 8. The molecule has 0 radical (unpaired) electrons. The number of thioether (sulfide) groups is 1. The van der Waals surface area contributed by atoms with Gasteiger partial charge in [0.25, 0.3) is 11.2 Å². The van der Waals surface area contributed by atoms with E-state index in [0.29, 0.717) is 37.7 Å². The van der Waals surface area contributed by atoms with E-state index in [2.05, 4.69) is 0 Å². The summed E-state index contributed by atoms with van der Waals surface area (Å²) in [6, 6.07) is 23.1. The first-order chi connectivity index (χ1) is 22.2. The van der Waals surface area contributed by atoms with Crippen molar-refractivity contribution in [3.63, 3.8) is 0 Å². The zero-order valence-corrected chi connectivity index (χ0v) is 27.1. The number of furan rings is 1. The Balaban J connectivity index is 1.53. The lowest BCUT2D eigenvalue weighted by Crippen LogP contribution is -2.40. The Hall–Kier alpha value is -5.00. The Morgan fingerprint density at radius 3 is 2.50 bits per heavy atom. The van der Waals surface area contributed by atoms with Crippen LogP contribution in [-0.2, 0) is 9.53 Å². The molecule has 0 fully saturated rings. The Bertz CT molecular complexity index is 2200. The van der Waals surface area contributed by atoms with Crippen LogP contribution in [0.5, 0.6) is 0 Å². The second-order valence-electron chi connectivity index (χ2n) is 10.6. The fourth-order valence-corrected chi connectivity index (χ4v) is 6.82. The maximum absolute atomic E-state index is 14.2. The van der Waals surface area contributed by atoms with E-state index < -0.39 is 16.9 Å². The van der Waals surface area contributed by atoms with Crippen molar-refractivity contribution >= 4 is 46.5 Å². The molecule has 6 rings (SSSR count). The lowest BCUT2D eigenvalue weighted by molar-refractivity contribution is -0.385. The molecule has 0 aliphatic carbocycles. The largest absolute Gasteiger partial charge is 0.463 e. The summed E-state index contributed by atoms with van der Waals surface area (Å²) in [5.74, 6) is 0.291. The zero-order chi connectivity index (χ0) is 32.5. The SMILES string of the molecule is CCOC(=O)C1=C(c2ccccc2)N=c2s/c(=C\c3ccc(-c4cc(C)c(C)c([N+](=O)[O-])c4)o3)c(=O)n2C1c1ccc(SC)cc1. The van der Waals surface area contributed by atoms with Crippen LogP contribution in [0.1, 0.15) is 41.0 Å². The van der Waals surface area contributed by atoms with Gasteiger partial charge in [-0.3, -0.25) is 19.5 Å². The number of aryl methyl sites for hydroxylation is 1. The van der Waals surface area contributed by atoms with E-state index >= 15 is 0 Å². The average molecular weight is 652 g/mol. The van der Waals surface area contributed by atoms with Gasteiger partial charge in [0.05, 0.1) is 33.4 Å². The highest BCUT2D eigenvalue weighted by Gasteiger charge is 2.35. The standard InChI is InChI=1S/C35H29N3O6S2/c1-5-43-34(40)30-31(22-9-7-6-8-10-22)36-35-37(32(30)23-11-14-26(45-4)15-12-23)33(39)29(46-35)19-25-13-16-28(44-25)24-17-20(2)21(3)27(18-24)38(41)42/h6-19,32H,5H2,1-4H3/b29-19-. The predicted octanol–water partition coefficient (Wildman–Crippen LogP) is 6.44. The van der Waals surface area contributed by atoms with Crippen LogP contribution in [0.25, 0.3) is 23.1 Å². The smallest absolute Gasteiger partial charge is 0.338 e. The van der Waals surface area contributed by atoms with Gasteiger partial charge in [0.15, 0.2) is 4.80 Å². The lowest BCUT2D eigenvalue weighted by atomic mass is 9.93. The van der Waals surface area contributed by atoms with Crippen molar-refractivity contribution in [1.29, 1.82) is 0 Å². The maximum Gasteiger partial charge on any atom is 0.338 e. The number of hydrogen-bond donors (Lipinski definition) is 0. The van der Waals surface area contributed by atoms with Crippen LogP contribution < -0.4 is 14.9 Å². The highest BCUT2D eigenvalue weighted by atomic mass is 32.2. The van der Waals surface area contributed by atoms with E-state index in [4.69, 9.17) is 14.1 Å².